The molecule has 0 aliphatic carbocycles. The molecule has 1 fully saturated rings. The molecule has 1 aromatic carbocycles. The molecule has 1 aliphatic rings. The number of carbonyl (C=O) groups excluding carboxylic acids is 2. The first-order chi connectivity index (χ1) is 9.93. The summed E-state index contributed by atoms with van der Waals surface area (Å²) in [5, 5.41) is 9.81. The fourth-order valence-electron chi connectivity index (χ4n) is 2.44. The van der Waals surface area contributed by atoms with E-state index in [1.165, 1.54) is 18.1 Å². The molecule has 2 atom stereocenters. The molecular weight excluding hydrogens is 298 g/mol. The van der Waals surface area contributed by atoms with E-state index in [4.69, 9.17) is 11.6 Å². The smallest absolute Gasteiger partial charge is 0.331 e. The van der Waals surface area contributed by atoms with Crippen LogP contribution in [0.4, 0.5) is 0 Å². The first kappa shape index (κ1) is 15.3. The molecule has 2 unspecified atom stereocenters. The Hall–Kier alpha value is -2.08. The molecule has 6 nitrogen and oxygen atoms in total. The van der Waals surface area contributed by atoms with Crippen LogP contribution in [0, 0.1) is 5.92 Å². The van der Waals surface area contributed by atoms with E-state index in [-0.39, 0.29) is 13.0 Å². The zero-order valence-electron chi connectivity index (χ0n) is 11.3. The van der Waals surface area contributed by atoms with Crippen molar-refractivity contribution in [2.75, 3.05) is 13.7 Å². The van der Waals surface area contributed by atoms with Crippen LogP contribution >= 0.6 is 11.6 Å². The number of methoxy groups -OCH3 is 1. The molecular formula is C14H14ClNO5. The standard InChI is InChI=1S/C14H14ClNO5/c1-21-14(20)9-6-11(17)16(7-9)12(13(18)19)8-3-2-4-10(15)5-8/h2-5,9,12H,6-7H2,1H3,(H,18,19). The van der Waals surface area contributed by atoms with Gasteiger partial charge in [0.1, 0.15) is 0 Å². The van der Waals surface area contributed by atoms with Crippen molar-refractivity contribution in [1.82, 2.24) is 4.90 Å². The highest BCUT2D eigenvalue weighted by Crippen LogP contribution is 2.30. The average Bonchev–Trinajstić information content (AvgIpc) is 2.80. The lowest BCUT2D eigenvalue weighted by molar-refractivity contribution is -0.149. The second-order valence-corrected chi connectivity index (χ2v) is 5.20. The zero-order valence-corrected chi connectivity index (χ0v) is 12.0. The van der Waals surface area contributed by atoms with Crippen LogP contribution in [0.5, 0.6) is 0 Å². The maximum absolute atomic E-state index is 12.0. The predicted molar refractivity (Wildman–Crippen MR) is 73.7 cm³/mol. The lowest BCUT2D eigenvalue weighted by Crippen LogP contribution is -2.36. The number of likely N-dealkylation sites (tertiary alicyclic amines) is 1. The Balaban J connectivity index is 2.29. The second kappa shape index (κ2) is 6.13. The van der Waals surface area contributed by atoms with Crippen molar-refractivity contribution in [3.63, 3.8) is 0 Å². The highest BCUT2D eigenvalue weighted by atomic mass is 35.5. The van der Waals surface area contributed by atoms with E-state index >= 15 is 0 Å². The number of benzene rings is 1. The highest BCUT2D eigenvalue weighted by Gasteiger charge is 2.41. The van der Waals surface area contributed by atoms with Gasteiger partial charge in [-0.1, -0.05) is 23.7 Å². The summed E-state index contributed by atoms with van der Waals surface area (Å²) in [4.78, 5) is 36.3. The Morgan fingerprint density at radius 2 is 2.19 bits per heavy atom. The zero-order chi connectivity index (χ0) is 15.6. The first-order valence-electron chi connectivity index (χ1n) is 6.29. The number of nitrogens with zero attached hydrogens (tertiary/aromatic N) is 1. The number of esters is 1. The quantitative estimate of drug-likeness (QED) is 0.852. The maximum Gasteiger partial charge on any atom is 0.331 e. The number of rotatable bonds is 4. The molecule has 1 aliphatic heterocycles. The second-order valence-electron chi connectivity index (χ2n) is 4.77. The summed E-state index contributed by atoms with van der Waals surface area (Å²) in [6, 6.07) is 5.16. The van der Waals surface area contributed by atoms with Gasteiger partial charge in [0.15, 0.2) is 6.04 Å². The SMILES string of the molecule is COC(=O)C1CC(=O)N(C(C(=O)O)c2cccc(Cl)c2)C1. The predicted octanol–water partition coefficient (Wildman–Crippen LogP) is 1.49. The number of carbonyl (C=O) groups is 3. The monoisotopic (exact) mass is 311 g/mol. The van der Waals surface area contributed by atoms with Crippen molar-refractivity contribution in [3.05, 3.63) is 34.9 Å². The van der Waals surface area contributed by atoms with Crippen LogP contribution in [0.1, 0.15) is 18.0 Å². The van der Waals surface area contributed by atoms with Crippen LogP contribution in [0.15, 0.2) is 24.3 Å². The molecule has 1 heterocycles. The topological polar surface area (TPSA) is 83.9 Å². The lowest BCUT2D eigenvalue weighted by atomic mass is 10.1. The van der Waals surface area contributed by atoms with Gasteiger partial charge in [-0.15, -0.1) is 0 Å². The first-order valence-corrected chi connectivity index (χ1v) is 6.67. The minimum atomic E-state index is -1.17. The van der Waals surface area contributed by atoms with Gasteiger partial charge in [-0.25, -0.2) is 4.79 Å². The average molecular weight is 312 g/mol. The molecule has 1 N–H and O–H groups in total. The molecule has 0 bridgehead atoms. The van der Waals surface area contributed by atoms with Crippen molar-refractivity contribution < 1.29 is 24.2 Å². The van der Waals surface area contributed by atoms with Gasteiger partial charge in [0, 0.05) is 18.0 Å². The summed E-state index contributed by atoms with van der Waals surface area (Å²) in [5.74, 6) is -2.71. The Kier molecular flexibility index (Phi) is 4.47. The Bertz CT molecular complexity index is 588. The van der Waals surface area contributed by atoms with Crippen LogP contribution in [-0.2, 0) is 19.1 Å². The summed E-state index contributed by atoms with van der Waals surface area (Å²) < 4.78 is 4.61. The Morgan fingerprint density at radius 1 is 1.48 bits per heavy atom. The van der Waals surface area contributed by atoms with E-state index < -0.39 is 29.8 Å². The maximum atomic E-state index is 12.0. The van der Waals surface area contributed by atoms with E-state index in [0.29, 0.717) is 10.6 Å². The molecule has 112 valence electrons. The van der Waals surface area contributed by atoms with Crippen molar-refractivity contribution in [2.24, 2.45) is 5.92 Å². The van der Waals surface area contributed by atoms with Gasteiger partial charge in [0.05, 0.1) is 13.0 Å². The fraction of sp³-hybridized carbons (Fsp3) is 0.357. The van der Waals surface area contributed by atoms with Crippen LogP contribution in [-0.4, -0.2) is 41.5 Å². The van der Waals surface area contributed by atoms with Gasteiger partial charge in [0.2, 0.25) is 5.91 Å². The molecule has 1 amide bonds. The molecule has 0 saturated carbocycles. The summed E-state index contributed by atoms with van der Waals surface area (Å²) in [6.45, 7) is 0.0228. The summed E-state index contributed by atoms with van der Waals surface area (Å²) in [5.41, 5.74) is 0.397. The molecule has 0 spiro atoms. The van der Waals surface area contributed by atoms with E-state index in [1.807, 2.05) is 0 Å². The number of halogens is 1. The summed E-state index contributed by atoms with van der Waals surface area (Å²) in [7, 11) is 1.24. The third-order valence-electron chi connectivity index (χ3n) is 3.40. The largest absolute Gasteiger partial charge is 0.479 e. The number of ether oxygens (including phenoxy) is 1. The van der Waals surface area contributed by atoms with Gasteiger partial charge in [-0.05, 0) is 17.7 Å². The molecule has 2 rings (SSSR count). The number of hydrogen-bond donors (Lipinski definition) is 1. The molecule has 21 heavy (non-hydrogen) atoms. The number of amides is 1. The van der Waals surface area contributed by atoms with Crippen LogP contribution < -0.4 is 0 Å². The summed E-state index contributed by atoms with van der Waals surface area (Å²) in [6.07, 6.45) is -0.0446. The van der Waals surface area contributed by atoms with Crippen LogP contribution in [0.3, 0.4) is 0 Å². The van der Waals surface area contributed by atoms with Crippen molar-refractivity contribution in [1.29, 1.82) is 0 Å². The van der Waals surface area contributed by atoms with Crippen molar-refractivity contribution >= 4 is 29.4 Å². The summed E-state index contributed by atoms with van der Waals surface area (Å²) >= 11 is 5.87. The highest BCUT2D eigenvalue weighted by molar-refractivity contribution is 6.30. The lowest BCUT2D eigenvalue weighted by Gasteiger charge is -2.25. The van der Waals surface area contributed by atoms with Crippen LogP contribution in [0.2, 0.25) is 5.02 Å². The van der Waals surface area contributed by atoms with Gasteiger partial charge in [-0.3, -0.25) is 9.59 Å². The Labute approximate surface area is 126 Å². The number of aliphatic carboxylic acids is 1. The Morgan fingerprint density at radius 3 is 2.76 bits per heavy atom. The van der Waals surface area contributed by atoms with Gasteiger partial charge in [0.25, 0.3) is 0 Å². The molecule has 0 radical (unpaired) electrons. The molecule has 7 heteroatoms. The minimum Gasteiger partial charge on any atom is -0.479 e. The van der Waals surface area contributed by atoms with E-state index in [1.54, 1.807) is 18.2 Å². The molecule has 1 aromatic rings. The van der Waals surface area contributed by atoms with Gasteiger partial charge >= 0.3 is 11.9 Å². The number of hydrogen-bond acceptors (Lipinski definition) is 4. The third-order valence-corrected chi connectivity index (χ3v) is 3.64. The minimum absolute atomic E-state index is 0.0228. The number of carboxylic acids is 1. The molecule has 0 aromatic heterocycles. The van der Waals surface area contributed by atoms with Crippen molar-refractivity contribution in [3.8, 4) is 0 Å². The third kappa shape index (κ3) is 3.16. The normalized spacial score (nSPS) is 19.4. The van der Waals surface area contributed by atoms with E-state index in [2.05, 4.69) is 4.74 Å². The van der Waals surface area contributed by atoms with Gasteiger partial charge < -0.3 is 14.7 Å². The van der Waals surface area contributed by atoms with Gasteiger partial charge in [-0.2, -0.15) is 0 Å². The van der Waals surface area contributed by atoms with Crippen LogP contribution in [0.25, 0.3) is 0 Å². The number of carboxylic acid groups (broad SMARTS) is 1. The van der Waals surface area contributed by atoms with Crippen molar-refractivity contribution in [2.45, 2.75) is 12.5 Å². The van der Waals surface area contributed by atoms with E-state index in [0.717, 1.165) is 0 Å². The fourth-order valence-corrected chi connectivity index (χ4v) is 2.64. The molecule has 1 saturated heterocycles. The van der Waals surface area contributed by atoms with E-state index in [9.17, 15) is 19.5 Å².